The van der Waals surface area contributed by atoms with Crippen molar-refractivity contribution in [2.45, 2.75) is 20.4 Å². The quantitative estimate of drug-likeness (QED) is 0.571. The fourth-order valence-corrected chi connectivity index (χ4v) is 2.65. The van der Waals surface area contributed by atoms with E-state index in [1.54, 1.807) is 38.2 Å². The highest BCUT2D eigenvalue weighted by atomic mass is 19.1. The molecule has 6 nitrogen and oxygen atoms in total. The van der Waals surface area contributed by atoms with Crippen molar-refractivity contribution in [1.29, 1.82) is 0 Å². The Morgan fingerprint density at radius 3 is 2.64 bits per heavy atom. The molecule has 0 aliphatic carbocycles. The van der Waals surface area contributed by atoms with Crippen molar-refractivity contribution in [3.63, 3.8) is 0 Å². The van der Waals surface area contributed by atoms with Gasteiger partial charge in [-0.05, 0) is 36.2 Å². The molecule has 3 aromatic heterocycles. The molecule has 126 valence electrons. The maximum atomic E-state index is 14.1. The third-order valence-corrected chi connectivity index (χ3v) is 3.89. The molecule has 0 saturated carbocycles. The minimum absolute atomic E-state index is 0.134. The molecular weight excluding hydrogens is 328 g/mol. The summed E-state index contributed by atoms with van der Waals surface area (Å²) in [6, 6.07) is 6.53. The molecule has 4 aromatic rings. The molecule has 0 radical (unpaired) electrons. The molecule has 1 aromatic carbocycles. The van der Waals surface area contributed by atoms with Gasteiger partial charge in [0.25, 0.3) is 5.95 Å². The lowest BCUT2D eigenvalue weighted by molar-refractivity contribution is 0.440. The molecule has 3 heterocycles. The molecule has 0 aliphatic heterocycles. The van der Waals surface area contributed by atoms with E-state index in [9.17, 15) is 8.78 Å². The molecule has 0 spiro atoms. The van der Waals surface area contributed by atoms with E-state index in [-0.39, 0.29) is 17.9 Å². The van der Waals surface area contributed by atoms with Gasteiger partial charge < -0.3 is 4.42 Å². The Hall–Kier alpha value is -3.16. The largest absolute Gasteiger partial charge is 0.424 e. The normalized spacial score (nSPS) is 11.4. The zero-order chi connectivity index (χ0) is 17.6. The molecule has 0 unspecified atom stereocenters. The van der Waals surface area contributed by atoms with Gasteiger partial charge in [0.05, 0.1) is 5.52 Å². The number of benzene rings is 1. The fourth-order valence-electron chi connectivity index (χ4n) is 2.65. The number of hydrogen-bond donors (Lipinski definition) is 0. The monoisotopic (exact) mass is 341 g/mol. The first kappa shape index (κ1) is 15.4. The molecule has 4 rings (SSSR count). The lowest BCUT2D eigenvalue weighted by Gasteiger charge is -2.05. The molecule has 0 atom stereocenters. The number of nitrogens with zero attached hydrogens (tertiary/aromatic N) is 5. The van der Waals surface area contributed by atoms with Crippen molar-refractivity contribution < 1.29 is 13.2 Å². The molecule has 0 fully saturated rings. The number of rotatable bonds is 3. The predicted octanol–water partition coefficient (Wildman–Crippen LogP) is 3.42. The molecular formula is C17H13F2N5O. The smallest absolute Gasteiger partial charge is 0.258 e. The van der Waals surface area contributed by atoms with Gasteiger partial charge in [0.2, 0.25) is 11.8 Å². The second kappa shape index (κ2) is 5.73. The van der Waals surface area contributed by atoms with Crippen molar-refractivity contribution in [2.24, 2.45) is 0 Å². The molecule has 0 saturated heterocycles. The lowest BCUT2D eigenvalue weighted by atomic mass is 10.0. The SMILES string of the molecule is Cc1nnc(Cn2nc(F)c3ncc(-c4ccc(F)c(C)c4)cc32)o1. The third kappa shape index (κ3) is 2.75. The van der Waals surface area contributed by atoms with E-state index >= 15 is 0 Å². The predicted molar refractivity (Wildman–Crippen MR) is 85.8 cm³/mol. The minimum atomic E-state index is -0.673. The number of aromatic nitrogens is 5. The van der Waals surface area contributed by atoms with Gasteiger partial charge in [-0.3, -0.25) is 4.68 Å². The van der Waals surface area contributed by atoms with Crippen LogP contribution < -0.4 is 0 Å². The van der Waals surface area contributed by atoms with Gasteiger partial charge in [-0.25, -0.2) is 9.37 Å². The summed E-state index contributed by atoms with van der Waals surface area (Å²) in [6.07, 6.45) is 1.54. The van der Waals surface area contributed by atoms with Crippen LogP contribution in [0.3, 0.4) is 0 Å². The molecule has 25 heavy (non-hydrogen) atoms. The van der Waals surface area contributed by atoms with Crippen molar-refractivity contribution in [3.05, 3.63) is 59.6 Å². The highest BCUT2D eigenvalue weighted by Gasteiger charge is 2.15. The van der Waals surface area contributed by atoms with Gasteiger partial charge in [-0.15, -0.1) is 15.3 Å². The average molecular weight is 341 g/mol. The van der Waals surface area contributed by atoms with Crippen LogP contribution in [0, 0.1) is 25.6 Å². The number of fused-ring (bicyclic) bond motifs is 1. The fraction of sp³-hybridized carbons (Fsp3) is 0.176. The maximum Gasteiger partial charge on any atom is 0.258 e. The van der Waals surface area contributed by atoms with E-state index in [0.717, 1.165) is 11.1 Å². The Balaban J connectivity index is 1.80. The Morgan fingerprint density at radius 1 is 1.08 bits per heavy atom. The first-order valence-corrected chi connectivity index (χ1v) is 7.59. The van der Waals surface area contributed by atoms with Crippen molar-refractivity contribution in [1.82, 2.24) is 25.0 Å². The van der Waals surface area contributed by atoms with Crippen LogP contribution in [0.15, 0.2) is 34.9 Å². The number of pyridine rings is 1. The number of hydrogen-bond acceptors (Lipinski definition) is 5. The summed E-state index contributed by atoms with van der Waals surface area (Å²) in [4.78, 5) is 4.16. The van der Waals surface area contributed by atoms with Crippen LogP contribution in [0.5, 0.6) is 0 Å². The highest BCUT2D eigenvalue weighted by Crippen LogP contribution is 2.26. The topological polar surface area (TPSA) is 69.6 Å². The summed E-state index contributed by atoms with van der Waals surface area (Å²) >= 11 is 0. The zero-order valence-corrected chi connectivity index (χ0v) is 13.5. The average Bonchev–Trinajstić information content (AvgIpc) is 3.14. The molecule has 0 N–H and O–H groups in total. The first-order chi connectivity index (χ1) is 12.0. The Morgan fingerprint density at radius 2 is 1.92 bits per heavy atom. The van der Waals surface area contributed by atoms with Gasteiger partial charge in [0.1, 0.15) is 17.9 Å². The van der Waals surface area contributed by atoms with E-state index in [2.05, 4.69) is 20.3 Å². The molecule has 0 aliphatic rings. The molecule has 0 amide bonds. The summed E-state index contributed by atoms with van der Waals surface area (Å²) in [5.74, 6) is -0.203. The lowest BCUT2D eigenvalue weighted by Crippen LogP contribution is -2.02. The van der Waals surface area contributed by atoms with E-state index in [4.69, 9.17) is 4.42 Å². The van der Waals surface area contributed by atoms with Gasteiger partial charge in [0.15, 0.2) is 0 Å². The van der Waals surface area contributed by atoms with Crippen LogP contribution in [0.25, 0.3) is 22.2 Å². The Bertz CT molecular complexity index is 1090. The van der Waals surface area contributed by atoms with Crippen LogP contribution in [0.4, 0.5) is 8.78 Å². The third-order valence-electron chi connectivity index (χ3n) is 3.89. The Labute approximate surface area is 141 Å². The zero-order valence-electron chi connectivity index (χ0n) is 13.5. The molecule has 0 bridgehead atoms. The van der Waals surface area contributed by atoms with Crippen molar-refractivity contribution in [2.75, 3.05) is 0 Å². The number of halogens is 2. The summed E-state index contributed by atoms with van der Waals surface area (Å²) in [5.41, 5.74) is 2.69. The van der Waals surface area contributed by atoms with Crippen molar-refractivity contribution in [3.8, 4) is 11.1 Å². The summed E-state index contributed by atoms with van der Waals surface area (Å²) < 4.78 is 34.3. The van der Waals surface area contributed by atoms with Crippen molar-refractivity contribution >= 4 is 11.0 Å². The molecule has 8 heteroatoms. The van der Waals surface area contributed by atoms with E-state index in [1.807, 2.05) is 0 Å². The minimum Gasteiger partial charge on any atom is -0.424 e. The summed E-state index contributed by atoms with van der Waals surface area (Å²) in [7, 11) is 0. The maximum absolute atomic E-state index is 14.1. The van der Waals surface area contributed by atoms with Crippen LogP contribution in [0.2, 0.25) is 0 Å². The van der Waals surface area contributed by atoms with E-state index in [0.29, 0.717) is 22.9 Å². The van der Waals surface area contributed by atoms with Crippen LogP contribution >= 0.6 is 0 Å². The van der Waals surface area contributed by atoms with Gasteiger partial charge in [-0.2, -0.15) is 4.39 Å². The van der Waals surface area contributed by atoms with Gasteiger partial charge in [0, 0.05) is 18.7 Å². The van der Waals surface area contributed by atoms with Crippen LogP contribution in [-0.4, -0.2) is 25.0 Å². The second-order valence-corrected chi connectivity index (χ2v) is 5.72. The highest BCUT2D eigenvalue weighted by molar-refractivity contribution is 5.80. The Kier molecular flexibility index (Phi) is 3.52. The van der Waals surface area contributed by atoms with E-state index in [1.165, 1.54) is 10.7 Å². The summed E-state index contributed by atoms with van der Waals surface area (Å²) in [6.45, 7) is 3.50. The first-order valence-electron chi connectivity index (χ1n) is 7.59. The number of aryl methyl sites for hydroxylation is 2. The summed E-state index contributed by atoms with van der Waals surface area (Å²) in [5, 5.41) is 11.5. The van der Waals surface area contributed by atoms with Crippen LogP contribution in [-0.2, 0) is 6.54 Å². The van der Waals surface area contributed by atoms with Gasteiger partial charge in [-0.1, -0.05) is 6.07 Å². The van der Waals surface area contributed by atoms with Crippen LogP contribution in [0.1, 0.15) is 17.3 Å². The van der Waals surface area contributed by atoms with E-state index < -0.39 is 5.95 Å². The van der Waals surface area contributed by atoms with Gasteiger partial charge >= 0.3 is 0 Å². The standard InChI is InChI=1S/C17H13F2N5O/c1-9-5-11(3-4-13(9)18)12-6-14-16(20-7-12)17(19)23-24(14)8-15-22-21-10(2)25-15/h3-7H,8H2,1-2H3. The second-order valence-electron chi connectivity index (χ2n) is 5.72.